The van der Waals surface area contributed by atoms with Gasteiger partial charge in [-0.05, 0) is 48.5 Å². The molecule has 0 N–H and O–H groups in total. The van der Waals surface area contributed by atoms with Gasteiger partial charge in [-0.3, -0.25) is 19.9 Å². The molecule has 12 nitrogen and oxygen atoms in total. The van der Waals surface area contributed by atoms with Crippen molar-refractivity contribution in [2.24, 2.45) is 5.41 Å². The highest BCUT2D eigenvalue weighted by molar-refractivity contribution is 6.05. The molecule has 57 heavy (non-hydrogen) atoms. The molecule has 0 aliphatic heterocycles. The molecule has 0 saturated carbocycles. The van der Waals surface area contributed by atoms with Gasteiger partial charge in [-0.25, -0.2) is 19.2 Å². The predicted molar refractivity (Wildman–Crippen MR) is 211 cm³/mol. The fraction of sp³-hybridized carbons (Fsp3) is 0.111. The van der Waals surface area contributed by atoms with Crippen molar-refractivity contribution < 1.29 is 38.1 Å². The Kier molecular flexibility index (Phi) is 10.2. The van der Waals surface area contributed by atoms with Gasteiger partial charge in [-0.15, -0.1) is 0 Å². The van der Waals surface area contributed by atoms with E-state index in [0.717, 1.165) is 0 Å². The first kappa shape index (κ1) is 36.4. The number of benzene rings is 4. The Hall–Kier alpha value is -7.60. The average Bonchev–Trinajstić information content (AvgIpc) is 3.27. The molecule has 0 atom stereocenters. The Bertz CT molecular complexity index is 2420. The molecule has 4 heterocycles. The SMILES string of the molecule is O=C(OCC(COC(=O)c1ccnc2ccccc12)(COC(=O)c1ccnc2ccccc12)COC(=O)c1ccnc2ccccc12)c1ccnc2ccccc12. The number of hydrogen-bond donors (Lipinski definition) is 0. The van der Waals surface area contributed by atoms with Gasteiger partial charge in [0.05, 0.1) is 44.3 Å². The molecular weight excluding hydrogens is 725 g/mol. The quantitative estimate of drug-likeness (QED) is 0.0890. The number of para-hydroxylation sites is 4. The lowest BCUT2D eigenvalue weighted by atomic mass is 9.91. The lowest BCUT2D eigenvalue weighted by Crippen LogP contribution is -2.44. The van der Waals surface area contributed by atoms with E-state index in [-0.39, 0.29) is 22.3 Å². The second kappa shape index (κ2) is 16.0. The summed E-state index contributed by atoms with van der Waals surface area (Å²) in [5.74, 6) is -2.88. The standard InChI is InChI=1S/C45H32N4O8/c50-41(33-17-21-46-37-13-5-1-9-29(33)37)54-25-45(26-55-42(51)34-18-22-47-38-14-6-2-10-30(34)38,27-56-43(52)35-19-23-48-39-15-7-3-11-31(35)39)28-57-44(53)36-20-24-49-40-16-8-4-12-32(36)40/h1-24H,25-28H2. The molecule has 4 aromatic heterocycles. The average molecular weight is 757 g/mol. The van der Waals surface area contributed by atoms with Crippen molar-refractivity contribution in [1.82, 2.24) is 19.9 Å². The topological polar surface area (TPSA) is 157 Å². The van der Waals surface area contributed by atoms with Crippen LogP contribution in [0, 0.1) is 5.41 Å². The zero-order valence-corrected chi connectivity index (χ0v) is 30.2. The van der Waals surface area contributed by atoms with Gasteiger partial charge in [0.1, 0.15) is 31.8 Å². The minimum Gasteiger partial charge on any atom is -0.461 e. The van der Waals surface area contributed by atoms with E-state index in [1.165, 1.54) is 49.1 Å². The molecule has 0 fully saturated rings. The van der Waals surface area contributed by atoms with Gasteiger partial charge in [-0.2, -0.15) is 0 Å². The van der Waals surface area contributed by atoms with Gasteiger partial charge in [0, 0.05) is 46.3 Å². The van der Waals surface area contributed by atoms with Crippen molar-refractivity contribution in [3.63, 3.8) is 0 Å². The predicted octanol–water partition coefficient (Wildman–Crippen LogP) is 7.59. The molecule has 8 aromatic rings. The summed E-state index contributed by atoms with van der Waals surface area (Å²) in [5.41, 5.74) is 1.62. The van der Waals surface area contributed by atoms with Crippen molar-refractivity contribution in [3.05, 3.63) is 168 Å². The van der Waals surface area contributed by atoms with E-state index in [2.05, 4.69) is 19.9 Å². The van der Waals surface area contributed by atoms with Crippen LogP contribution in [0.2, 0.25) is 0 Å². The maximum absolute atomic E-state index is 13.8. The number of aromatic nitrogens is 4. The maximum Gasteiger partial charge on any atom is 0.338 e. The van der Waals surface area contributed by atoms with E-state index in [0.29, 0.717) is 43.6 Å². The van der Waals surface area contributed by atoms with Gasteiger partial charge < -0.3 is 18.9 Å². The third-order valence-electron chi connectivity index (χ3n) is 9.51. The van der Waals surface area contributed by atoms with E-state index in [4.69, 9.17) is 18.9 Å². The summed E-state index contributed by atoms with van der Waals surface area (Å²) >= 11 is 0. The molecule has 0 saturated heterocycles. The Morgan fingerprint density at radius 3 is 0.825 bits per heavy atom. The normalized spacial score (nSPS) is 11.4. The second-order valence-electron chi connectivity index (χ2n) is 13.3. The third-order valence-corrected chi connectivity index (χ3v) is 9.51. The van der Waals surface area contributed by atoms with Gasteiger partial charge in [0.2, 0.25) is 0 Å². The summed E-state index contributed by atoms with van der Waals surface area (Å²) in [6.45, 7) is -1.99. The van der Waals surface area contributed by atoms with E-state index < -0.39 is 55.7 Å². The first-order valence-corrected chi connectivity index (χ1v) is 17.9. The fourth-order valence-electron chi connectivity index (χ4n) is 6.53. The number of hydrogen-bond acceptors (Lipinski definition) is 12. The molecule has 0 unspecified atom stereocenters. The van der Waals surface area contributed by atoms with Crippen LogP contribution in [0.5, 0.6) is 0 Å². The number of pyridine rings is 4. The van der Waals surface area contributed by atoms with Crippen LogP contribution in [-0.4, -0.2) is 70.2 Å². The van der Waals surface area contributed by atoms with Crippen LogP contribution >= 0.6 is 0 Å². The number of carbonyl (C=O) groups is 4. The summed E-state index contributed by atoms with van der Waals surface area (Å²) < 4.78 is 23.8. The van der Waals surface area contributed by atoms with Crippen molar-refractivity contribution in [2.75, 3.05) is 26.4 Å². The summed E-state index contributed by atoms with van der Waals surface area (Å²) in [6, 6.07) is 34.5. The summed E-state index contributed by atoms with van der Waals surface area (Å²) in [4.78, 5) is 72.7. The van der Waals surface area contributed by atoms with Crippen LogP contribution in [0.4, 0.5) is 0 Å². The third kappa shape index (κ3) is 7.69. The molecular formula is C45H32N4O8. The van der Waals surface area contributed by atoms with Crippen LogP contribution in [0.25, 0.3) is 43.6 Å². The van der Waals surface area contributed by atoms with Crippen molar-refractivity contribution in [3.8, 4) is 0 Å². The van der Waals surface area contributed by atoms with E-state index >= 15 is 0 Å². The van der Waals surface area contributed by atoms with E-state index in [1.54, 1.807) is 97.1 Å². The zero-order valence-electron chi connectivity index (χ0n) is 30.2. The van der Waals surface area contributed by atoms with Crippen LogP contribution in [-0.2, 0) is 18.9 Å². The smallest absolute Gasteiger partial charge is 0.338 e. The molecule has 0 radical (unpaired) electrons. The van der Waals surface area contributed by atoms with E-state index in [1.807, 2.05) is 0 Å². The highest BCUT2D eigenvalue weighted by Crippen LogP contribution is 2.28. The minimum absolute atomic E-state index is 0.232. The zero-order chi connectivity index (χ0) is 39.2. The van der Waals surface area contributed by atoms with Crippen molar-refractivity contribution >= 4 is 67.5 Å². The Morgan fingerprint density at radius 2 is 0.579 bits per heavy atom. The summed E-state index contributed by atoms with van der Waals surface area (Å²) in [7, 11) is 0. The molecule has 12 heteroatoms. The first-order valence-electron chi connectivity index (χ1n) is 17.9. The molecule has 0 bridgehead atoms. The number of fused-ring (bicyclic) bond motifs is 4. The summed E-state index contributed by atoms with van der Waals surface area (Å²) in [5, 5.41) is 2.22. The largest absolute Gasteiger partial charge is 0.461 e. The van der Waals surface area contributed by atoms with Crippen LogP contribution < -0.4 is 0 Å². The number of esters is 4. The number of ether oxygens (including phenoxy) is 4. The van der Waals surface area contributed by atoms with Crippen LogP contribution in [0.15, 0.2) is 146 Å². The van der Waals surface area contributed by atoms with E-state index in [9.17, 15) is 19.2 Å². The minimum atomic E-state index is -1.62. The molecule has 0 aliphatic rings. The lowest BCUT2D eigenvalue weighted by molar-refractivity contribution is -0.0640. The van der Waals surface area contributed by atoms with Crippen molar-refractivity contribution in [1.29, 1.82) is 0 Å². The second-order valence-corrected chi connectivity index (χ2v) is 13.3. The monoisotopic (exact) mass is 756 g/mol. The number of nitrogens with zero attached hydrogens (tertiary/aromatic N) is 4. The maximum atomic E-state index is 13.8. The Morgan fingerprint density at radius 1 is 0.351 bits per heavy atom. The van der Waals surface area contributed by atoms with Gasteiger partial charge >= 0.3 is 23.9 Å². The lowest BCUT2D eigenvalue weighted by Gasteiger charge is -2.31. The number of carbonyl (C=O) groups excluding carboxylic acids is 4. The summed E-state index contributed by atoms with van der Waals surface area (Å²) in [6.07, 6.45) is 5.98. The molecule has 4 aromatic carbocycles. The number of rotatable bonds is 12. The van der Waals surface area contributed by atoms with Gasteiger partial charge in [0.25, 0.3) is 0 Å². The Labute approximate surface area is 325 Å². The highest BCUT2D eigenvalue weighted by Gasteiger charge is 2.39. The molecule has 8 rings (SSSR count). The van der Waals surface area contributed by atoms with Crippen molar-refractivity contribution in [2.45, 2.75) is 0 Å². The fourth-order valence-corrected chi connectivity index (χ4v) is 6.53. The molecule has 280 valence electrons. The van der Waals surface area contributed by atoms with Crippen LogP contribution in [0.1, 0.15) is 41.4 Å². The molecule has 0 amide bonds. The molecule has 0 spiro atoms. The highest BCUT2D eigenvalue weighted by atomic mass is 16.6. The van der Waals surface area contributed by atoms with Gasteiger partial charge in [-0.1, -0.05) is 72.8 Å². The van der Waals surface area contributed by atoms with Gasteiger partial charge in [0.15, 0.2) is 0 Å². The first-order chi connectivity index (χ1) is 27.9. The molecule has 0 aliphatic carbocycles. The Balaban J connectivity index is 1.15. The van der Waals surface area contributed by atoms with Crippen LogP contribution in [0.3, 0.4) is 0 Å².